The predicted molar refractivity (Wildman–Crippen MR) is 99.3 cm³/mol. The van der Waals surface area contributed by atoms with Gasteiger partial charge < -0.3 is 15.5 Å². The van der Waals surface area contributed by atoms with E-state index in [9.17, 15) is 9.59 Å². The Morgan fingerprint density at radius 2 is 1.68 bits per heavy atom. The molecule has 4 rings (SSSR count). The van der Waals surface area contributed by atoms with E-state index in [-0.39, 0.29) is 17.9 Å². The van der Waals surface area contributed by atoms with Crippen molar-refractivity contribution in [1.82, 2.24) is 0 Å². The number of nitrogens with one attached hydrogen (secondary N) is 2. The first-order chi connectivity index (χ1) is 12.1. The molecule has 0 bridgehead atoms. The van der Waals surface area contributed by atoms with E-state index in [4.69, 9.17) is 11.6 Å². The van der Waals surface area contributed by atoms with Crippen molar-refractivity contribution in [2.45, 2.75) is 19.3 Å². The molecule has 1 saturated carbocycles. The molecule has 0 unspecified atom stereocenters. The molecule has 0 aromatic heterocycles. The second-order valence-electron chi connectivity index (χ2n) is 6.44. The van der Waals surface area contributed by atoms with Gasteiger partial charge in [0.2, 0.25) is 5.91 Å². The van der Waals surface area contributed by atoms with Gasteiger partial charge in [-0.15, -0.1) is 0 Å². The van der Waals surface area contributed by atoms with E-state index in [0.29, 0.717) is 16.4 Å². The van der Waals surface area contributed by atoms with E-state index in [1.807, 2.05) is 23.1 Å². The first-order valence-corrected chi connectivity index (χ1v) is 8.76. The summed E-state index contributed by atoms with van der Waals surface area (Å²) in [6, 6.07) is 12.3. The fourth-order valence-corrected chi connectivity index (χ4v) is 3.21. The molecule has 2 aromatic carbocycles. The summed E-state index contributed by atoms with van der Waals surface area (Å²) in [6.45, 7) is 0.727. The van der Waals surface area contributed by atoms with E-state index in [1.165, 1.54) is 0 Å². The highest BCUT2D eigenvalue weighted by Gasteiger charge is 2.36. The van der Waals surface area contributed by atoms with E-state index in [2.05, 4.69) is 10.6 Å². The van der Waals surface area contributed by atoms with Crippen LogP contribution in [-0.4, -0.2) is 18.5 Å². The number of amides is 3. The molecule has 0 spiro atoms. The van der Waals surface area contributed by atoms with Crippen LogP contribution >= 0.6 is 11.6 Å². The van der Waals surface area contributed by atoms with Crippen molar-refractivity contribution in [3.8, 4) is 0 Å². The highest BCUT2D eigenvalue weighted by molar-refractivity contribution is 6.30. The smallest absolute Gasteiger partial charge is 0.312 e. The van der Waals surface area contributed by atoms with Crippen LogP contribution in [-0.2, 0) is 11.2 Å². The molecular weight excluding hydrogens is 338 g/mol. The predicted octanol–water partition coefficient (Wildman–Crippen LogP) is 4.28. The fourth-order valence-electron chi connectivity index (χ4n) is 3.09. The summed E-state index contributed by atoms with van der Waals surface area (Å²) in [5.41, 5.74) is 3.45. The molecule has 2 aromatic rings. The number of benzene rings is 2. The number of halogens is 1. The van der Waals surface area contributed by atoms with Crippen molar-refractivity contribution in [2.75, 3.05) is 22.1 Å². The van der Waals surface area contributed by atoms with Gasteiger partial charge in [0.05, 0.1) is 0 Å². The van der Waals surface area contributed by atoms with Crippen LogP contribution in [0.2, 0.25) is 5.02 Å². The lowest BCUT2D eigenvalue weighted by atomic mass is 10.1. The van der Waals surface area contributed by atoms with Crippen molar-refractivity contribution in [3.05, 3.63) is 53.1 Å². The molecule has 3 amide bonds. The molecule has 1 aliphatic heterocycles. The Morgan fingerprint density at radius 3 is 2.40 bits per heavy atom. The van der Waals surface area contributed by atoms with Crippen LogP contribution in [0.25, 0.3) is 0 Å². The molecule has 25 heavy (non-hydrogen) atoms. The minimum atomic E-state index is -0.314. The van der Waals surface area contributed by atoms with Crippen molar-refractivity contribution in [3.63, 3.8) is 0 Å². The molecule has 6 heteroatoms. The number of fused-ring (bicyclic) bond motifs is 1. The second-order valence-corrected chi connectivity index (χ2v) is 6.88. The van der Waals surface area contributed by atoms with Gasteiger partial charge >= 0.3 is 6.03 Å². The molecule has 2 aliphatic rings. The zero-order chi connectivity index (χ0) is 17.4. The van der Waals surface area contributed by atoms with Crippen LogP contribution in [0.3, 0.4) is 0 Å². The Morgan fingerprint density at radius 1 is 1.00 bits per heavy atom. The van der Waals surface area contributed by atoms with Crippen LogP contribution in [0.15, 0.2) is 42.5 Å². The van der Waals surface area contributed by atoms with Crippen molar-refractivity contribution in [2.24, 2.45) is 5.92 Å². The third-order valence-electron chi connectivity index (χ3n) is 4.53. The quantitative estimate of drug-likeness (QED) is 0.863. The summed E-state index contributed by atoms with van der Waals surface area (Å²) in [7, 11) is 0. The largest absolute Gasteiger partial charge is 0.323 e. The molecule has 128 valence electrons. The molecule has 0 atom stereocenters. The highest BCUT2D eigenvalue weighted by atomic mass is 35.5. The van der Waals surface area contributed by atoms with Crippen LogP contribution in [0.4, 0.5) is 21.9 Å². The Bertz CT molecular complexity index is 831. The number of urea groups is 1. The molecule has 0 radical (unpaired) electrons. The summed E-state index contributed by atoms with van der Waals surface area (Å²) in [5.74, 6) is 0.453. The number of hydrogen-bond acceptors (Lipinski definition) is 2. The van der Waals surface area contributed by atoms with Crippen molar-refractivity contribution < 1.29 is 9.59 Å². The maximum absolute atomic E-state index is 12.3. The number of nitrogens with zero attached hydrogens (tertiary/aromatic N) is 1. The number of anilines is 3. The SMILES string of the molecule is O=C(Nc1ccc(Cl)cc1)Nc1ccc2c(c1)CCN2C(=O)C1CC1. The van der Waals surface area contributed by atoms with E-state index < -0.39 is 0 Å². The average Bonchev–Trinajstić information content (AvgIpc) is 3.36. The number of hydrogen-bond donors (Lipinski definition) is 2. The Labute approximate surface area is 151 Å². The topological polar surface area (TPSA) is 61.4 Å². The maximum atomic E-state index is 12.3. The fraction of sp³-hybridized carbons (Fsp3) is 0.263. The van der Waals surface area contributed by atoms with Gasteiger partial charge in [-0.3, -0.25) is 4.79 Å². The van der Waals surface area contributed by atoms with Crippen molar-refractivity contribution >= 4 is 40.6 Å². The van der Waals surface area contributed by atoms with Crippen LogP contribution in [0.5, 0.6) is 0 Å². The van der Waals surface area contributed by atoms with Crippen LogP contribution in [0.1, 0.15) is 18.4 Å². The second kappa shape index (κ2) is 6.41. The highest BCUT2D eigenvalue weighted by Crippen LogP contribution is 2.37. The molecule has 0 saturated heterocycles. The lowest BCUT2D eigenvalue weighted by Gasteiger charge is -2.17. The van der Waals surface area contributed by atoms with Gasteiger partial charge in [0.1, 0.15) is 0 Å². The van der Waals surface area contributed by atoms with Gasteiger partial charge in [0.15, 0.2) is 0 Å². The summed E-state index contributed by atoms with van der Waals surface area (Å²) in [5, 5.41) is 6.21. The first-order valence-electron chi connectivity index (χ1n) is 8.38. The van der Waals surface area contributed by atoms with Crippen LogP contribution < -0.4 is 15.5 Å². The first kappa shape index (κ1) is 16.0. The molecule has 5 nitrogen and oxygen atoms in total. The maximum Gasteiger partial charge on any atom is 0.323 e. The third kappa shape index (κ3) is 3.46. The van der Waals surface area contributed by atoms with E-state index >= 15 is 0 Å². The van der Waals surface area contributed by atoms with E-state index in [1.54, 1.807) is 24.3 Å². The monoisotopic (exact) mass is 355 g/mol. The minimum absolute atomic E-state index is 0.217. The van der Waals surface area contributed by atoms with Crippen LogP contribution in [0, 0.1) is 5.92 Å². The molecule has 1 aliphatic carbocycles. The van der Waals surface area contributed by atoms with E-state index in [0.717, 1.165) is 37.1 Å². The Hall–Kier alpha value is -2.53. The standard InChI is InChI=1S/C19H18ClN3O2/c20-14-3-5-15(6-4-14)21-19(25)22-16-7-8-17-13(11-16)9-10-23(17)18(24)12-1-2-12/h3-8,11-12H,1-2,9-10H2,(H2,21,22,25). The summed E-state index contributed by atoms with van der Waals surface area (Å²) >= 11 is 5.83. The zero-order valence-corrected chi connectivity index (χ0v) is 14.3. The third-order valence-corrected chi connectivity index (χ3v) is 4.78. The van der Waals surface area contributed by atoms with Gasteiger partial charge in [-0.2, -0.15) is 0 Å². The van der Waals surface area contributed by atoms with Crippen molar-refractivity contribution in [1.29, 1.82) is 0 Å². The number of carbonyl (C=O) groups is 2. The lowest BCUT2D eigenvalue weighted by molar-refractivity contribution is -0.119. The minimum Gasteiger partial charge on any atom is -0.312 e. The normalized spacial score (nSPS) is 15.6. The lowest BCUT2D eigenvalue weighted by Crippen LogP contribution is -2.30. The zero-order valence-electron chi connectivity index (χ0n) is 13.6. The average molecular weight is 356 g/mol. The van der Waals surface area contributed by atoms with Gasteiger partial charge in [-0.05, 0) is 67.3 Å². The van der Waals surface area contributed by atoms with Gasteiger partial charge in [-0.25, -0.2) is 4.79 Å². The number of rotatable bonds is 3. The summed E-state index contributed by atoms with van der Waals surface area (Å²) < 4.78 is 0. The molecule has 1 heterocycles. The Balaban J connectivity index is 1.42. The molecule has 1 fully saturated rings. The molecular formula is C19H18ClN3O2. The Kier molecular flexibility index (Phi) is 4.09. The van der Waals surface area contributed by atoms with Gasteiger partial charge in [0.25, 0.3) is 0 Å². The van der Waals surface area contributed by atoms with Gasteiger partial charge in [-0.1, -0.05) is 11.6 Å². The summed E-state index contributed by atoms with van der Waals surface area (Å²) in [4.78, 5) is 26.3. The molecule has 2 N–H and O–H groups in total. The van der Waals surface area contributed by atoms with Gasteiger partial charge in [0, 0.05) is 34.5 Å². The number of carbonyl (C=O) groups excluding carboxylic acids is 2. The summed E-state index contributed by atoms with van der Waals surface area (Å²) in [6.07, 6.45) is 2.84.